The fourth-order valence-corrected chi connectivity index (χ4v) is 5.20. The lowest BCUT2D eigenvalue weighted by Gasteiger charge is -2.17. The van der Waals surface area contributed by atoms with Crippen molar-refractivity contribution in [1.29, 1.82) is 0 Å². The lowest BCUT2D eigenvalue weighted by atomic mass is 10.2. The maximum Gasteiger partial charge on any atom is 0.252 e. The minimum absolute atomic E-state index is 0.00846. The molecule has 128 valence electrons. The van der Waals surface area contributed by atoms with Crippen LogP contribution in [0.15, 0.2) is 77.3 Å². The zero-order chi connectivity index (χ0) is 17.7. The highest BCUT2D eigenvalue weighted by Gasteiger charge is 2.30. The zero-order valence-electron chi connectivity index (χ0n) is 13.2. The maximum atomic E-state index is 13.0. The Morgan fingerprint density at radius 1 is 1.08 bits per heavy atom. The number of sulfone groups is 1. The Morgan fingerprint density at radius 2 is 1.88 bits per heavy atom. The highest BCUT2D eigenvalue weighted by atomic mass is 32.2. The molecule has 2 heterocycles. The molecule has 0 saturated carbocycles. The standard InChI is InChI=1S/C18H16N2O3S2/c21-18(14-6-4-10-19-12-14)20-13-17(16-9-5-11-24-16)25(22,23)15-7-2-1-3-8-15/h1-12,17H,13H2,(H,20,21). The number of hydrogen-bond acceptors (Lipinski definition) is 5. The van der Waals surface area contributed by atoms with Gasteiger partial charge in [0.2, 0.25) is 0 Å². The maximum absolute atomic E-state index is 13.0. The molecule has 1 aromatic carbocycles. The predicted octanol–water partition coefficient (Wildman–Crippen LogP) is 3.09. The molecule has 2 aromatic heterocycles. The van der Waals surface area contributed by atoms with Crippen molar-refractivity contribution in [2.24, 2.45) is 0 Å². The SMILES string of the molecule is O=C(NCC(c1cccs1)S(=O)(=O)c1ccccc1)c1cccnc1. The summed E-state index contributed by atoms with van der Waals surface area (Å²) in [6.07, 6.45) is 3.02. The molecular formula is C18H16N2O3S2. The summed E-state index contributed by atoms with van der Waals surface area (Å²) in [5.41, 5.74) is 0.393. The van der Waals surface area contributed by atoms with Crippen LogP contribution in [-0.4, -0.2) is 25.9 Å². The van der Waals surface area contributed by atoms with E-state index in [0.29, 0.717) is 10.4 Å². The van der Waals surface area contributed by atoms with E-state index in [2.05, 4.69) is 10.3 Å². The Kier molecular flexibility index (Phi) is 5.25. The number of carbonyl (C=O) groups excluding carboxylic acids is 1. The second kappa shape index (κ2) is 7.58. The molecule has 0 radical (unpaired) electrons. The van der Waals surface area contributed by atoms with Gasteiger partial charge >= 0.3 is 0 Å². The van der Waals surface area contributed by atoms with Gasteiger partial charge in [-0.25, -0.2) is 8.42 Å². The monoisotopic (exact) mass is 372 g/mol. The molecule has 7 heteroatoms. The third kappa shape index (κ3) is 3.94. The van der Waals surface area contributed by atoms with Crippen LogP contribution in [0.2, 0.25) is 0 Å². The van der Waals surface area contributed by atoms with Gasteiger partial charge in [0.1, 0.15) is 5.25 Å². The van der Waals surface area contributed by atoms with Gasteiger partial charge in [0.25, 0.3) is 5.91 Å². The number of carbonyl (C=O) groups is 1. The van der Waals surface area contributed by atoms with Crippen molar-refractivity contribution in [2.45, 2.75) is 10.1 Å². The van der Waals surface area contributed by atoms with Gasteiger partial charge in [-0.2, -0.15) is 0 Å². The van der Waals surface area contributed by atoms with Crippen molar-refractivity contribution < 1.29 is 13.2 Å². The first-order valence-electron chi connectivity index (χ1n) is 7.59. The molecule has 0 aliphatic rings. The molecule has 1 N–H and O–H groups in total. The van der Waals surface area contributed by atoms with Crippen molar-refractivity contribution in [2.75, 3.05) is 6.54 Å². The van der Waals surface area contributed by atoms with Gasteiger partial charge < -0.3 is 5.32 Å². The van der Waals surface area contributed by atoms with E-state index in [4.69, 9.17) is 0 Å². The lowest BCUT2D eigenvalue weighted by Crippen LogP contribution is -2.31. The molecule has 1 unspecified atom stereocenters. The van der Waals surface area contributed by atoms with E-state index in [9.17, 15) is 13.2 Å². The second-order valence-electron chi connectivity index (χ2n) is 5.31. The van der Waals surface area contributed by atoms with E-state index >= 15 is 0 Å². The van der Waals surface area contributed by atoms with Gasteiger partial charge in [-0.3, -0.25) is 9.78 Å². The number of hydrogen-bond donors (Lipinski definition) is 1. The summed E-state index contributed by atoms with van der Waals surface area (Å²) in [4.78, 5) is 17.1. The van der Waals surface area contributed by atoms with E-state index in [-0.39, 0.29) is 17.3 Å². The smallest absolute Gasteiger partial charge is 0.252 e. The van der Waals surface area contributed by atoms with Crippen LogP contribution in [0.1, 0.15) is 20.5 Å². The number of pyridine rings is 1. The van der Waals surface area contributed by atoms with Gasteiger partial charge in [0.15, 0.2) is 9.84 Å². The van der Waals surface area contributed by atoms with Crippen LogP contribution >= 0.6 is 11.3 Å². The number of nitrogens with one attached hydrogen (secondary N) is 1. The third-order valence-electron chi connectivity index (χ3n) is 3.68. The molecule has 0 fully saturated rings. The Hall–Kier alpha value is -2.51. The molecule has 0 aliphatic heterocycles. The van der Waals surface area contributed by atoms with Crippen LogP contribution in [-0.2, 0) is 9.84 Å². The largest absolute Gasteiger partial charge is 0.350 e. The van der Waals surface area contributed by atoms with Gasteiger partial charge in [0, 0.05) is 23.8 Å². The Morgan fingerprint density at radius 3 is 2.52 bits per heavy atom. The van der Waals surface area contributed by atoms with E-state index in [0.717, 1.165) is 0 Å². The molecule has 0 aliphatic carbocycles. The van der Waals surface area contributed by atoms with E-state index in [1.54, 1.807) is 60.8 Å². The average Bonchev–Trinajstić information content (AvgIpc) is 3.17. The van der Waals surface area contributed by atoms with Crippen molar-refractivity contribution >= 4 is 27.1 Å². The molecule has 1 atom stereocenters. The van der Waals surface area contributed by atoms with Crippen molar-refractivity contribution in [3.05, 3.63) is 82.8 Å². The van der Waals surface area contributed by atoms with Crippen molar-refractivity contribution in [1.82, 2.24) is 10.3 Å². The average molecular weight is 372 g/mol. The summed E-state index contributed by atoms with van der Waals surface area (Å²) in [5, 5.41) is 3.70. The van der Waals surface area contributed by atoms with Gasteiger partial charge in [-0.1, -0.05) is 24.3 Å². The van der Waals surface area contributed by atoms with Gasteiger partial charge in [0.05, 0.1) is 10.5 Å². The molecule has 0 saturated heterocycles. The molecule has 1 amide bonds. The summed E-state index contributed by atoms with van der Waals surface area (Å²) >= 11 is 1.36. The lowest BCUT2D eigenvalue weighted by molar-refractivity contribution is 0.0953. The summed E-state index contributed by atoms with van der Waals surface area (Å²) in [7, 11) is -3.62. The Bertz CT molecular complexity index is 925. The molecule has 3 rings (SSSR count). The van der Waals surface area contributed by atoms with Crippen LogP contribution in [0.4, 0.5) is 0 Å². The summed E-state index contributed by atoms with van der Waals surface area (Å²) in [6, 6.07) is 15.1. The highest BCUT2D eigenvalue weighted by molar-refractivity contribution is 7.91. The minimum Gasteiger partial charge on any atom is -0.350 e. The number of aromatic nitrogens is 1. The minimum atomic E-state index is -3.62. The number of rotatable bonds is 6. The van der Waals surface area contributed by atoms with Crippen molar-refractivity contribution in [3.8, 4) is 0 Å². The molecular weight excluding hydrogens is 356 g/mol. The van der Waals surface area contributed by atoms with E-state index in [1.165, 1.54) is 17.5 Å². The summed E-state index contributed by atoms with van der Waals surface area (Å²) in [6.45, 7) is -0.00846. The van der Waals surface area contributed by atoms with Gasteiger partial charge in [-0.15, -0.1) is 11.3 Å². The van der Waals surface area contributed by atoms with Gasteiger partial charge in [-0.05, 0) is 35.7 Å². The predicted molar refractivity (Wildman–Crippen MR) is 97.3 cm³/mol. The fourth-order valence-electron chi connectivity index (χ4n) is 2.40. The Labute approximate surface area is 150 Å². The molecule has 25 heavy (non-hydrogen) atoms. The summed E-state index contributed by atoms with van der Waals surface area (Å²) < 4.78 is 26.0. The van der Waals surface area contributed by atoms with Crippen LogP contribution in [0, 0.1) is 0 Å². The topological polar surface area (TPSA) is 76.1 Å². The number of thiophene rings is 1. The van der Waals surface area contributed by atoms with Crippen LogP contribution in [0.5, 0.6) is 0 Å². The third-order valence-corrected chi connectivity index (χ3v) is 6.91. The van der Waals surface area contributed by atoms with Crippen LogP contribution in [0.25, 0.3) is 0 Å². The normalized spacial score (nSPS) is 12.5. The van der Waals surface area contributed by atoms with Crippen LogP contribution in [0.3, 0.4) is 0 Å². The fraction of sp³-hybridized carbons (Fsp3) is 0.111. The second-order valence-corrected chi connectivity index (χ2v) is 8.42. The molecule has 0 spiro atoms. The van der Waals surface area contributed by atoms with Crippen molar-refractivity contribution in [3.63, 3.8) is 0 Å². The number of benzene rings is 1. The van der Waals surface area contributed by atoms with E-state index in [1.807, 2.05) is 5.38 Å². The number of amides is 1. The number of nitrogens with zero attached hydrogens (tertiary/aromatic N) is 1. The Balaban J connectivity index is 1.86. The van der Waals surface area contributed by atoms with E-state index < -0.39 is 15.1 Å². The highest BCUT2D eigenvalue weighted by Crippen LogP contribution is 2.31. The zero-order valence-corrected chi connectivity index (χ0v) is 14.8. The first-order chi connectivity index (χ1) is 12.1. The molecule has 5 nitrogen and oxygen atoms in total. The first kappa shape index (κ1) is 17.3. The molecule has 3 aromatic rings. The quantitative estimate of drug-likeness (QED) is 0.721. The molecule has 0 bridgehead atoms. The summed E-state index contributed by atoms with van der Waals surface area (Å²) in [5.74, 6) is -0.349. The van der Waals surface area contributed by atoms with Crippen LogP contribution < -0.4 is 5.32 Å². The first-order valence-corrected chi connectivity index (χ1v) is 10.0.